The molecule has 3 nitrogen and oxygen atoms in total. The lowest BCUT2D eigenvalue weighted by molar-refractivity contribution is 0.504. The minimum absolute atomic E-state index is 0.232. The third kappa shape index (κ3) is 1.83. The van der Waals surface area contributed by atoms with Crippen molar-refractivity contribution in [2.45, 2.75) is 31.3 Å². The topological polar surface area (TPSA) is 37.8 Å². The van der Waals surface area contributed by atoms with Crippen LogP contribution in [0.1, 0.15) is 30.1 Å². The number of halogens is 1. The maximum absolute atomic E-state index is 12.9. The number of nitrogens with one attached hydrogen (secondary N) is 1. The fraction of sp³-hybridized carbons (Fsp3) is 0.333. The molecule has 0 aliphatic carbocycles. The second kappa shape index (κ2) is 4.10. The Labute approximate surface area is 110 Å². The highest BCUT2D eigenvalue weighted by Gasteiger charge is 2.33. The van der Waals surface area contributed by atoms with E-state index in [4.69, 9.17) is 0 Å². The molecule has 3 heterocycles. The molecule has 1 N–H and O–H groups in total. The van der Waals surface area contributed by atoms with Crippen LogP contribution in [0.2, 0.25) is 0 Å². The number of benzene rings is 1. The second-order valence-corrected chi connectivity index (χ2v) is 5.30. The molecule has 1 aromatic heterocycles. The van der Waals surface area contributed by atoms with Gasteiger partial charge in [-0.05, 0) is 37.1 Å². The molecule has 0 spiro atoms. The van der Waals surface area contributed by atoms with E-state index in [1.54, 1.807) is 12.1 Å². The summed E-state index contributed by atoms with van der Waals surface area (Å²) in [5.74, 6) is 0.462. The molecule has 2 aliphatic rings. The SMILES string of the molecule is Fc1ccc(-c2ncc3c(n2)CC2CCC3N2)cc1. The summed E-state index contributed by atoms with van der Waals surface area (Å²) in [6, 6.07) is 7.34. The van der Waals surface area contributed by atoms with Crippen LogP contribution in [0.15, 0.2) is 30.5 Å². The summed E-state index contributed by atoms with van der Waals surface area (Å²) in [6.07, 6.45) is 5.30. The zero-order chi connectivity index (χ0) is 12.8. The number of aromatic nitrogens is 2. The molecule has 4 rings (SSSR count). The van der Waals surface area contributed by atoms with E-state index in [1.807, 2.05) is 6.20 Å². The van der Waals surface area contributed by atoms with Gasteiger partial charge in [0.05, 0.1) is 5.69 Å². The molecule has 2 atom stereocenters. The van der Waals surface area contributed by atoms with E-state index in [9.17, 15) is 4.39 Å². The first-order valence-electron chi connectivity index (χ1n) is 6.67. The summed E-state index contributed by atoms with van der Waals surface area (Å²) in [7, 11) is 0. The van der Waals surface area contributed by atoms with Crippen LogP contribution in [0.5, 0.6) is 0 Å². The highest BCUT2D eigenvalue weighted by molar-refractivity contribution is 5.55. The number of nitrogens with zero attached hydrogens (tertiary/aromatic N) is 2. The van der Waals surface area contributed by atoms with E-state index < -0.39 is 0 Å². The van der Waals surface area contributed by atoms with Crippen molar-refractivity contribution in [3.63, 3.8) is 0 Å². The van der Waals surface area contributed by atoms with E-state index in [2.05, 4.69) is 15.3 Å². The van der Waals surface area contributed by atoms with E-state index in [0.29, 0.717) is 17.9 Å². The molecule has 2 aliphatic heterocycles. The normalized spacial score (nSPS) is 24.3. The molecule has 2 unspecified atom stereocenters. The van der Waals surface area contributed by atoms with Gasteiger partial charge in [-0.3, -0.25) is 0 Å². The van der Waals surface area contributed by atoms with Gasteiger partial charge in [0.15, 0.2) is 5.82 Å². The van der Waals surface area contributed by atoms with Gasteiger partial charge in [-0.1, -0.05) is 0 Å². The molecule has 1 aromatic carbocycles. The van der Waals surface area contributed by atoms with Crippen molar-refractivity contribution < 1.29 is 4.39 Å². The fourth-order valence-electron chi connectivity index (χ4n) is 3.08. The van der Waals surface area contributed by atoms with Crippen LogP contribution >= 0.6 is 0 Å². The molecule has 0 radical (unpaired) electrons. The monoisotopic (exact) mass is 255 g/mol. The van der Waals surface area contributed by atoms with Gasteiger partial charge in [-0.25, -0.2) is 14.4 Å². The Kier molecular flexibility index (Phi) is 2.38. The summed E-state index contributed by atoms with van der Waals surface area (Å²) in [5.41, 5.74) is 3.26. The molecule has 0 amide bonds. The zero-order valence-corrected chi connectivity index (χ0v) is 10.4. The van der Waals surface area contributed by atoms with Crippen molar-refractivity contribution in [3.05, 3.63) is 47.5 Å². The van der Waals surface area contributed by atoms with Crippen molar-refractivity contribution in [3.8, 4) is 11.4 Å². The van der Waals surface area contributed by atoms with Gasteiger partial charge in [0.1, 0.15) is 5.82 Å². The molecule has 1 saturated heterocycles. The summed E-state index contributed by atoms with van der Waals surface area (Å²) in [6.45, 7) is 0. The van der Waals surface area contributed by atoms with E-state index in [0.717, 1.165) is 17.7 Å². The van der Waals surface area contributed by atoms with Crippen molar-refractivity contribution in [1.82, 2.24) is 15.3 Å². The van der Waals surface area contributed by atoms with Gasteiger partial charge >= 0.3 is 0 Å². The Morgan fingerprint density at radius 3 is 2.84 bits per heavy atom. The average Bonchev–Trinajstić information content (AvgIpc) is 2.82. The Morgan fingerprint density at radius 2 is 2.00 bits per heavy atom. The fourth-order valence-corrected chi connectivity index (χ4v) is 3.08. The lowest BCUT2D eigenvalue weighted by Crippen LogP contribution is -2.32. The van der Waals surface area contributed by atoms with Crippen LogP contribution in [-0.2, 0) is 6.42 Å². The van der Waals surface area contributed by atoms with Gasteiger partial charge < -0.3 is 5.32 Å². The molecule has 2 aromatic rings. The van der Waals surface area contributed by atoms with Gasteiger partial charge in [0.2, 0.25) is 0 Å². The predicted octanol–water partition coefficient (Wildman–Crippen LogP) is 2.63. The van der Waals surface area contributed by atoms with Crippen LogP contribution in [0.4, 0.5) is 4.39 Å². The van der Waals surface area contributed by atoms with Gasteiger partial charge in [-0.15, -0.1) is 0 Å². The van der Waals surface area contributed by atoms with E-state index in [-0.39, 0.29) is 5.82 Å². The molecule has 1 fully saturated rings. The minimum atomic E-state index is -0.232. The van der Waals surface area contributed by atoms with Crippen LogP contribution in [0, 0.1) is 5.82 Å². The quantitative estimate of drug-likeness (QED) is 0.851. The predicted molar refractivity (Wildman–Crippen MR) is 70.0 cm³/mol. The highest BCUT2D eigenvalue weighted by atomic mass is 19.1. The lowest BCUT2D eigenvalue weighted by atomic mass is 10.0. The first-order valence-corrected chi connectivity index (χ1v) is 6.67. The second-order valence-electron chi connectivity index (χ2n) is 5.30. The standard InChI is InChI=1S/C15H14FN3/c16-10-3-1-9(2-4-10)15-17-8-12-13-6-5-11(18-13)7-14(12)19-15/h1-4,8,11,13,18H,5-7H2. The Morgan fingerprint density at radius 1 is 1.16 bits per heavy atom. The third-order valence-corrected chi connectivity index (χ3v) is 4.06. The van der Waals surface area contributed by atoms with Crippen molar-refractivity contribution in [2.75, 3.05) is 0 Å². The number of hydrogen-bond donors (Lipinski definition) is 1. The molecular formula is C15H14FN3. The number of fused-ring (bicyclic) bond motifs is 4. The molecule has 96 valence electrons. The summed E-state index contributed by atoms with van der Waals surface area (Å²) in [4.78, 5) is 9.12. The van der Waals surface area contributed by atoms with Gasteiger partial charge in [0.25, 0.3) is 0 Å². The van der Waals surface area contributed by atoms with Crippen molar-refractivity contribution in [2.24, 2.45) is 0 Å². The lowest BCUT2D eigenvalue weighted by Gasteiger charge is -2.23. The Hall–Kier alpha value is -1.81. The highest BCUT2D eigenvalue weighted by Crippen LogP contribution is 2.35. The van der Waals surface area contributed by atoms with E-state index in [1.165, 1.54) is 30.5 Å². The zero-order valence-electron chi connectivity index (χ0n) is 10.4. The van der Waals surface area contributed by atoms with Crippen LogP contribution in [0.3, 0.4) is 0 Å². The van der Waals surface area contributed by atoms with Crippen LogP contribution in [0.25, 0.3) is 11.4 Å². The van der Waals surface area contributed by atoms with E-state index >= 15 is 0 Å². The molecular weight excluding hydrogens is 241 g/mol. The maximum atomic E-state index is 12.9. The molecule has 4 heteroatoms. The molecule has 19 heavy (non-hydrogen) atoms. The summed E-state index contributed by atoms with van der Waals surface area (Å²) in [5, 5.41) is 3.58. The number of hydrogen-bond acceptors (Lipinski definition) is 3. The van der Waals surface area contributed by atoms with Crippen LogP contribution < -0.4 is 5.32 Å². The Balaban J connectivity index is 1.76. The first kappa shape index (κ1) is 11.1. The number of rotatable bonds is 1. The van der Waals surface area contributed by atoms with Gasteiger partial charge in [0, 0.05) is 35.8 Å². The van der Waals surface area contributed by atoms with Crippen molar-refractivity contribution >= 4 is 0 Å². The third-order valence-electron chi connectivity index (χ3n) is 4.06. The smallest absolute Gasteiger partial charge is 0.159 e. The summed E-state index contributed by atoms with van der Waals surface area (Å²) >= 11 is 0. The van der Waals surface area contributed by atoms with Gasteiger partial charge in [-0.2, -0.15) is 0 Å². The van der Waals surface area contributed by atoms with Crippen molar-refractivity contribution in [1.29, 1.82) is 0 Å². The molecule has 0 saturated carbocycles. The average molecular weight is 255 g/mol. The van der Waals surface area contributed by atoms with Crippen LogP contribution in [-0.4, -0.2) is 16.0 Å². The largest absolute Gasteiger partial charge is 0.307 e. The first-order chi connectivity index (χ1) is 9.29. The molecule has 2 bridgehead atoms. The Bertz CT molecular complexity index is 624. The maximum Gasteiger partial charge on any atom is 0.159 e. The minimum Gasteiger partial charge on any atom is -0.307 e. The summed E-state index contributed by atoms with van der Waals surface area (Å²) < 4.78 is 12.9.